The third-order valence-electron chi connectivity index (χ3n) is 5.61. The van der Waals surface area contributed by atoms with Gasteiger partial charge in [-0.25, -0.2) is 9.67 Å². The van der Waals surface area contributed by atoms with E-state index in [1.54, 1.807) is 24.0 Å². The number of carbonyl (C=O) groups excluding carboxylic acids is 1. The Hall–Kier alpha value is -2.96. The van der Waals surface area contributed by atoms with E-state index < -0.39 is 0 Å². The number of piperidine rings is 1. The first-order valence-corrected chi connectivity index (χ1v) is 9.02. The number of para-hydroxylation sites is 2. The molecule has 1 N–H and O–H groups in total. The van der Waals surface area contributed by atoms with Crippen LogP contribution in [0, 0.1) is 5.92 Å². The van der Waals surface area contributed by atoms with E-state index in [-0.39, 0.29) is 5.91 Å². The molecule has 3 aromatic rings. The van der Waals surface area contributed by atoms with Gasteiger partial charge in [0.15, 0.2) is 5.65 Å². The van der Waals surface area contributed by atoms with Gasteiger partial charge in [0.1, 0.15) is 5.52 Å². The molecule has 1 aromatic carbocycles. The summed E-state index contributed by atoms with van der Waals surface area (Å²) in [5, 5.41) is 11.1. The Balaban J connectivity index is 1.47. The number of aryl methyl sites for hydroxylation is 1. The summed E-state index contributed by atoms with van der Waals surface area (Å²) in [5.74, 6) is 0.609. The SMILES string of the molecule is Cn1nnc2c(C(=O)Nc3ccccc3N3CC4CCC3C4)ccnc21. The number of pyridine rings is 1. The van der Waals surface area contributed by atoms with E-state index in [2.05, 4.69) is 31.6 Å². The number of anilines is 2. The summed E-state index contributed by atoms with van der Waals surface area (Å²) >= 11 is 0. The number of carbonyl (C=O) groups is 1. The number of aromatic nitrogens is 4. The van der Waals surface area contributed by atoms with Crippen LogP contribution in [0.4, 0.5) is 11.4 Å². The van der Waals surface area contributed by atoms with Crippen LogP contribution < -0.4 is 10.2 Å². The molecule has 2 unspecified atom stereocenters. The lowest BCUT2D eigenvalue weighted by atomic mass is 10.1. The summed E-state index contributed by atoms with van der Waals surface area (Å²) < 4.78 is 1.57. The van der Waals surface area contributed by atoms with Crippen LogP contribution in [0.25, 0.3) is 11.2 Å². The van der Waals surface area contributed by atoms with Crippen molar-refractivity contribution in [3.63, 3.8) is 0 Å². The van der Waals surface area contributed by atoms with Crippen LogP contribution in [0.2, 0.25) is 0 Å². The van der Waals surface area contributed by atoms with Crippen molar-refractivity contribution in [2.45, 2.75) is 25.3 Å². The van der Waals surface area contributed by atoms with Crippen LogP contribution in [0.1, 0.15) is 29.6 Å². The molecule has 2 aliphatic rings. The summed E-state index contributed by atoms with van der Waals surface area (Å²) in [7, 11) is 1.77. The maximum atomic E-state index is 12.9. The van der Waals surface area contributed by atoms with Crippen LogP contribution in [-0.4, -0.2) is 38.5 Å². The quantitative estimate of drug-likeness (QED) is 0.787. The molecule has 7 nitrogen and oxygen atoms in total. The van der Waals surface area contributed by atoms with Crippen LogP contribution in [-0.2, 0) is 7.05 Å². The first-order chi connectivity index (χ1) is 12.7. The average Bonchev–Trinajstić information content (AvgIpc) is 3.38. The zero-order valence-electron chi connectivity index (χ0n) is 14.6. The summed E-state index contributed by atoms with van der Waals surface area (Å²) in [6, 6.07) is 10.3. The number of hydrogen-bond acceptors (Lipinski definition) is 5. The molecule has 2 fully saturated rings. The number of nitrogens with one attached hydrogen (secondary N) is 1. The Bertz CT molecular complexity index is 997. The Labute approximate surface area is 151 Å². The number of fused-ring (bicyclic) bond motifs is 3. The minimum atomic E-state index is -0.185. The molecule has 5 rings (SSSR count). The first-order valence-electron chi connectivity index (χ1n) is 9.02. The molecule has 1 amide bonds. The number of rotatable bonds is 3. The summed E-state index contributed by atoms with van der Waals surface area (Å²) in [6.45, 7) is 1.08. The van der Waals surface area contributed by atoms with E-state index in [0.29, 0.717) is 22.8 Å². The zero-order valence-corrected chi connectivity index (χ0v) is 14.6. The van der Waals surface area contributed by atoms with Crippen LogP contribution in [0.5, 0.6) is 0 Å². The van der Waals surface area contributed by atoms with Gasteiger partial charge in [-0.3, -0.25) is 4.79 Å². The monoisotopic (exact) mass is 348 g/mol. The van der Waals surface area contributed by atoms with Crippen LogP contribution in [0.15, 0.2) is 36.5 Å². The molecule has 1 aliphatic heterocycles. The van der Waals surface area contributed by atoms with Crippen molar-refractivity contribution in [2.75, 3.05) is 16.8 Å². The first kappa shape index (κ1) is 15.3. The van der Waals surface area contributed by atoms with Gasteiger partial charge in [0.05, 0.1) is 16.9 Å². The minimum absolute atomic E-state index is 0.185. The summed E-state index contributed by atoms with van der Waals surface area (Å²) in [6.07, 6.45) is 5.47. The molecule has 1 aliphatic carbocycles. The lowest BCUT2D eigenvalue weighted by Gasteiger charge is -2.31. The van der Waals surface area contributed by atoms with Crippen molar-refractivity contribution >= 4 is 28.4 Å². The Morgan fingerprint density at radius 2 is 2.12 bits per heavy atom. The Kier molecular flexibility index (Phi) is 3.41. The second-order valence-electron chi connectivity index (χ2n) is 7.20. The molecule has 2 atom stereocenters. The molecule has 7 heteroatoms. The van der Waals surface area contributed by atoms with E-state index in [9.17, 15) is 4.79 Å². The average molecular weight is 348 g/mol. The maximum Gasteiger partial charge on any atom is 0.258 e. The minimum Gasteiger partial charge on any atom is -0.367 e. The number of benzene rings is 1. The maximum absolute atomic E-state index is 12.9. The van der Waals surface area contributed by atoms with Gasteiger partial charge in [-0.05, 0) is 43.4 Å². The fourth-order valence-corrected chi connectivity index (χ4v) is 4.35. The molecule has 2 aromatic heterocycles. The van der Waals surface area contributed by atoms with E-state index in [1.807, 2.05) is 18.2 Å². The molecule has 2 bridgehead atoms. The third-order valence-corrected chi connectivity index (χ3v) is 5.61. The molecule has 0 spiro atoms. The van der Waals surface area contributed by atoms with E-state index in [4.69, 9.17) is 0 Å². The summed E-state index contributed by atoms with van der Waals surface area (Å²) in [4.78, 5) is 19.6. The van der Waals surface area contributed by atoms with Crippen molar-refractivity contribution in [1.29, 1.82) is 0 Å². The van der Waals surface area contributed by atoms with Crippen molar-refractivity contribution in [1.82, 2.24) is 20.0 Å². The fraction of sp³-hybridized carbons (Fsp3) is 0.368. The van der Waals surface area contributed by atoms with Crippen molar-refractivity contribution in [3.8, 4) is 0 Å². The molecular weight excluding hydrogens is 328 g/mol. The van der Waals surface area contributed by atoms with E-state index in [1.165, 1.54) is 19.3 Å². The summed E-state index contributed by atoms with van der Waals surface area (Å²) in [5.41, 5.74) is 3.56. The second kappa shape index (κ2) is 5.79. The van der Waals surface area contributed by atoms with Crippen LogP contribution in [0.3, 0.4) is 0 Å². The van der Waals surface area contributed by atoms with Gasteiger partial charge < -0.3 is 10.2 Å². The van der Waals surface area contributed by atoms with Gasteiger partial charge in [-0.1, -0.05) is 17.3 Å². The molecule has 1 saturated carbocycles. The van der Waals surface area contributed by atoms with Crippen molar-refractivity contribution in [2.24, 2.45) is 13.0 Å². The highest BCUT2D eigenvalue weighted by Gasteiger charge is 2.38. The topological polar surface area (TPSA) is 75.9 Å². The third kappa shape index (κ3) is 2.34. The number of amides is 1. The fourth-order valence-electron chi connectivity index (χ4n) is 4.35. The Morgan fingerprint density at radius 3 is 2.92 bits per heavy atom. The van der Waals surface area contributed by atoms with Gasteiger partial charge in [-0.15, -0.1) is 5.10 Å². The standard InChI is InChI=1S/C19H20N6O/c1-24-18-17(22-23-24)14(8-9-20-18)19(26)21-15-4-2-3-5-16(15)25-11-12-6-7-13(25)10-12/h2-5,8-9,12-13H,6-7,10-11H2,1H3,(H,21,26). The van der Waals surface area contributed by atoms with Crippen molar-refractivity contribution in [3.05, 3.63) is 42.1 Å². The lowest BCUT2D eigenvalue weighted by molar-refractivity contribution is 0.102. The van der Waals surface area contributed by atoms with Crippen molar-refractivity contribution < 1.29 is 4.79 Å². The highest BCUT2D eigenvalue weighted by molar-refractivity contribution is 6.11. The lowest BCUT2D eigenvalue weighted by Crippen LogP contribution is -2.32. The number of hydrogen-bond donors (Lipinski definition) is 1. The van der Waals surface area contributed by atoms with Gasteiger partial charge >= 0.3 is 0 Å². The molecule has 1 saturated heterocycles. The van der Waals surface area contributed by atoms with Gasteiger partial charge in [0, 0.05) is 25.8 Å². The predicted octanol–water partition coefficient (Wildman–Crippen LogP) is 2.60. The highest BCUT2D eigenvalue weighted by Crippen LogP contribution is 2.42. The number of nitrogens with zero attached hydrogens (tertiary/aromatic N) is 5. The highest BCUT2D eigenvalue weighted by atomic mass is 16.1. The van der Waals surface area contributed by atoms with Gasteiger partial charge in [-0.2, -0.15) is 0 Å². The largest absolute Gasteiger partial charge is 0.367 e. The predicted molar refractivity (Wildman–Crippen MR) is 99.2 cm³/mol. The molecule has 3 heterocycles. The Morgan fingerprint density at radius 1 is 1.23 bits per heavy atom. The second-order valence-corrected chi connectivity index (χ2v) is 7.20. The molecule has 0 radical (unpaired) electrons. The smallest absolute Gasteiger partial charge is 0.258 e. The molecule has 26 heavy (non-hydrogen) atoms. The zero-order chi connectivity index (χ0) is 17.7. The van der Waals surface area contributed by atoms with E-state index >= 15 is 0 Å². The van der Waals surface area contributed by atoms with Gasteiger partial charge in [0.25, 0.3) is 5.91 Å². The van der Waals surface area contributed by atoms with Gasteiger partial charge in [0.2, 0.25) is 0 Å². The normalized spacial score (nSPS) is 21.5. The molecule has 132 valence electrons. The van der Waals surface area contributed by atoms with Crippen LogP contribution >= 0.6 is 0 Å². The molecular formula is C19H20N6O. The van der Waals surface area contributed by atoms with E-state index in [0.717, 1.165) is 23.8 Å².